The van der Waals surface area contributed by atoms with Gasteiger partial charge >= 0.3 is 5.97 Å². The van der Waals surface area contributed by atoms with Crippen LogP contribution >= 0.6 is 0 Å². The monoisotopic (exact) mass is 283 g/mol. The van der Waals surface area contributed by atoms with Crippen molar-refractivity contribution >= 4 is 11.8 Å². The fraction of sp³-hybridized carbons (Fsp3) is 0.235. The van der Waals surface area contributed by atoms with Crippen molar-refractivity contribution in [3.8, 4) is 11.1 Å². The standard InChI is InChI=1S/C17H17NO3/c1-3-14-7-11(2)15(10-18-14)12-5-4-6-13(8-12)16(19)9-17(20)21/h4-8,10H,3,9H2,1-2H3,(H,20,21). The molecular formula is C17H17NO3. The van der Waals surface area contributed by atoms with Gasteiger partial charge in [0, 0.05) is 23.0 Å². The third kappa shape index (κ3) is 3.54. The number of carboxylic acid groups (broad SMARTS) is 1. The minimum absolute atomic E-state index is 0.389. The fourth-order valence-electron chi connectivity index (χ4n) is 2.21. The van der Waals surface area contributed by atoms with E-state index in [1.54, 1.807) is 24.4 Å². The Morgan fingerprint density at radius 1 is 1.24 bits per heavy atom. The highest BCUT2D eigenvalue weighted by Gasteiger charge is 2.12. The van der Waals surface area contributed by atoms with Crippen molar-refractivity contribution in [3.05, 3.63) is 53.3 Å². The molecule has 0 saturated carbocycles. The maximum atomic E-state index is 11.8. The number of pyridine rings is 1. The van der Waals surface area contributed by atoms with Gasteiger partial charge in [-0.15, -0.1) is 0 Å². The third-order valence-electron chi connectivity index (χ3n) is 3.34. The summed E-state index contributed by atoms with van der Waals surface area (Å²) < 4.78 is 0. The highest BCUT2D eigenvalue weighted by Crippen LogP contribution is 2.24. The molecule has 0 amide bonds. The van der Waals surface area contributed by atoms with Crippen LogP contribution in [0.2, 0.25) is 0 Å². The molecule has 0 unspecified atom stereocenters. The first-order valence-electron chi connectivity index (χ1n) is 6.82. The van der Waals surface area contributed by atoms with Crippen LogP contribution in [0.25, 0.3) is 11.1 Å². The summed E-state index contributed by atoms with van der Waals surface area (Å²) in [5.41, 5.74) is 4.35. The van der Waals surface area contributed by atoms with Crippen LogP contribution in [0.4, 0.5) is 0 Å². The summed E-state index contributed by atoms with van der Waals surface area (Å²) >= 11 is 0. The Balaban J connectivity index is 2.37. The second kappa shape index (κ2) is 6.31. The molecule has 4 heteroatoms. The molecular weight excluding hydrogens is 266 g/mol. The Hall–Kier alpha value is -2.49. The Morgan fingerprint density at radius 3 is 2.62 bits per heavy atom. The lowest BCUT2D eigenvalue weighted by atomic mass is 9.98. The molecule has 1 heterocycles. The summed E-state index contributed by atoms with van der Waals surface area (Å²) in [6.07, 6.45) is 2.18. The molecule has 0 bridgehead atoms. The van der Waals surface area contributed by atoms with Crippen molar-refractivity contribution in [2.24, 2.45) is 0 Å². The van der Waals surface area contributed by atoms with E-state index in [-0.39, 0.29) is 5.78 Å². The Bertz CT molecular complexity index is 692. The molecule has 1 aromatic carbocycles. The third-order valence-corrected chi connectivity index (χ3v) is 3.34. The number of aromatic nitrogens is 1. The van der Waals surface area contributed by atoms with Gasteiger partial charge < -0.3 is 5.11 Å². The SMILES string of the molecule is CCc1cc(C)c(-c2cccc(C(=O)CC(=O)O)c2)cn1. The average molecular weight is 283 g/mol. The molecule has 0 aliphatic carbocycles. The van der Waals surface area contributed by atoms with Gasteiger partial charge in [-0.3, -0.25) is 14.6 Å². The summed E-state index contributed by atoms with van der Waals surface area (Å²) in [7, 11) is 0. The van der Waals surface area contributed by atoms with E-state index in [2.05, 4.69) is 4.98 Å². The topological polar surface area (TPSA) is 67.3 Å². The van der Waals surface area contributed by atoms with Gasteiger partial charge in [0.15, 0.2) is 5.78 Å². The lowest BCUT2D eigenvalue weighted by Gasteiger charge is -2.08. The van der Waals surface area contributed by atoms with Crippen molar-refractivity contribution in [3.63, 3.8) is 0 Å². The van der Waals surface area contributed by atoms with E-state index in [9.17, 15) is 9.59 Å². The van der Waals surface area contributed by atoms with Gasteiger partial charge in [-0.05, 0) is 36.6 Å². The van der Waals surface area contributed by atoms with Crippen LogP contribution in [0.3, 0.4) is 0 Å². The number of rotatable bonds is 5. The number of benzene rings is 1. The first-order valence-corrected chi connectivity index (χ1v) is 6.82. The predicted molar refractivity (Wildman–Crippen MR) is 80.4 cm³/mol. The quantitative estimate of drug-likeness (QED) is 0.675. The Kier molecular flexibility index (Phi) is 4.48. The van der Waals surface area contributed by atoms with E-state index in [0.29, 0.717) is 5.56 Å². The molecule has 0 radical (unpaired) electrons. The van der Waals surface area contributed by atoms with Crippen LogP contribution in [-0.2, 0) is 11.2 Å². The largest absolute Gasteiger partial charge is 0.481 e. The number of carboxylic acids is 1. The van der Waals surface area contributed by atoms with Gasteiger partial charge in [-0.1, -0.05) is 25.1 Å². The molecule has 2 aromatic rings. The van der Waals surface area contributed by atoms with Gasteiger partial charge in [0.05, 0.1) is 0 Å². The summed E-state index contributed by atoms with van der Waals surface area (Å²) in [6.45, 7) is 4.05. The molecule has 0 aliphatic rings. The average Bonchev–Trinajstić information content (AvgIpc) is 2.46. The molecule has 2 rings (SSSR count). The number of nitrogens with zero attached hydrogens (tertiary/aromatic N) is 1. The van der Waals surface area contributed by atoms with Crippen molar-refractivity contribution in [2.45, 2.75) is 26.7 Å². The van der Waals surface area contributed by atoms with Crippen molar-refractivity contribution < 1.29 is 14.7 Å². The number of aliphatic carboxylic acids is 1. The van der Waals surface area contributed by atoms with Crippen LogP contribution in [0, 0.1) is 6.92 Å². The summed E-state index contributed by atoms with van der Waals surface area (Å²) in [4.78, 5) is 26.8. The van der Waals surface area contributed by atoms with Gasteiger partial charge in [0.25, 0.3) is 0 Å². The minimum Gasteiger partial charge on any atom is -0.481 e. The van der Waals surface area contributed by atoms with Gasteiger partial charge in [-0.25, -0.2) is 0 Å². The number of carbonyl (C=O) groups is 2. The molecule has 0 saturated heterocycles. The summed E-state index contributed by atoms with van der Waals surface area (Å²) in [6, 6.07) is 9.05. The molecule has 1 aromatic heterocycles. The van der Waals surface area contributed by atoms with E-state index in [1.165, 1.54) is 0 Å². The molecule has 4 nitrogen and oxygen atoms in total. The zero-order chi connectivity index (χ0) is 15.4. The van der Waals surface area contributed by atoms with Crippen LogP contribution in [0.1, 0.15) is 35.0 Å². The zero-order valence-corrected chi connectivity index (χ0v) is 12.1. The maximum Gasteiger partial charge on any atom is 0.311 e. The number of ketones is 1. The number of aryl methyl sites for hydroxylation is 2. The van der Waals surface area contributed by atoms with E-state index >= 15 is 0 Å². The zero-order valence-electron chi connectivity index (χ0n) is 12.1. The first-order chi connectivity index (χ1) is 10.0. The highest BCUT2D eigenvalue weighted by molar-refractivity contribution is 6.06. The Labute approximate surface area is 123 Å². The minimum atomic E-state index is -1.12. The van der Waals surface area contributed by atoms with E-state index in [4.69, 9.17) is 5.11 Å². The van der Waals surface area contributed by atoms with E-state index in [0.717, 1.165) is 28.8 Å². The predicted octanol–water partition coefficient (Wildman–Crippen LogP) is 3.28. The van der Waals surface area contributed by atoms with Gasteiger partial charge in [0.1, 0.15) is 6.42 Å². The normalized spacial score (nSPS) is 10.4. The molecule has 0 fully saturated rings. The highest BCUT2D eigenvalue weighted by atomic mass is 16.4. The first kappa shape index (κ1) is 14.9. The number of hydrogen-bond donors (Lipinski definition) is 1. The van der Waals surface area contributed by atoms with Crippen LogP contribution in [0.15, 0.2) is 36.5 Å². The van der Waals surface area contributed by atoms with Crippen molar-refractivity contribution in [1.82, 2.24) is 4.98 Å². The van der Waals surface area contributed by atoms with E-state index in [1.807, 2.05) is 26.0 Å². The van der Waals surface area contributed by atoms with Crippen molar-refractivity contribution in [1.29, 1.82) is 0 Å². The molecule has 0 aliphatic heterocycles. The number of hydrogen-bond acceptors (Lipinski definition) is 3. The number of Topliss-reactive ketones (excluding diaryl/α,β-unsaturated/α-hetero) is 1. The summed E-state index contributed by atoms with van der Waals surface area (Å²) in [5.74, 6) is -1.50. The van der Waals surface area contributed by atoms with Crippen LogP contribution in [0.5, 0.6) is 0 Å². The van der Waals surface area contributed by atoms with E-state index < -0.39 is 12.4 Å². The maximum absolute atomic E-state index is 11.8. The van der Waals surface area contributed by atoms with Crippen molar-refractivity contribution in [2.75, 3.05) is 0 Å². The Morgan fingerprint density at radius 2 is 2.00 bits per heavy atom. The lowest BCUT2D eigenvalue weighted by Crippen LogP contribution is -2.07. The molecule has 0 atom stereocenters. The fourth-order valence-corrected chi connectivity index (χ4v) is 2.21. The van der Waals surface area contributed by atoms with Crippen LogP contribution < -0.4 is 0 Å². The lowest BCUT2D eigenvalue weighted by molar-refractivity contribution is -0.135. The molecule has 1 N–H and O–H groups in total. The second-order valence-electron chi connectivity index (χ2n) is 4.92. The van der Waals surface area contributed by atoms with Crippen LogP contribution in [-0.4, -0.2) is 21.8 Å². The molecule has 108 valence electrons. The molecule has 21 heavy (non-hydrogen) atoms. The van der Waals surface area contributed by atoms with Gasteiger partial charge in [0.2, 0.25) is 0 Å². The second-order valence-corrected chi connectivity index (χ2v) is 4.92. The smallest absolute Gasteiger partial charge is 0.311 e. The van der Waals surface area contributed by atoms with Gasteiger partial charge in [-0.2, -0.15) is 0 Å². The molecule has 0 spiro atoms. The summed E-state index contributed by atoms with van der Waals surface area (Å²) in [5, 5.41) is 8.70. The number of carbonyl (C=O) groups excluding carboxylic acids is 1.